The normalized spacial score (nSPS) is 18.6. The molecule has 110 valence electrons. The van der Waals surface area contributed by atoms with Crippen LogP contribution >= 0.6 is 11.6 Å². The van der Waals surface area contributed by atoms with Gasteiger partial charge in [0, 0.05) is 24.2 Å². The van der Waals surface area contributed by atoms with Crippen molar-refractivity contribution >= 4 is 17.5 Å². The summed E-state index contributed by atoms with van der Waals surface area (Å²) in [5.74, 6) is 0.705. The molecule has 1 aliphatic heterocycles. The van der Waals surface area contributed by atoms with Crippen molar-refractivity contribution in [3.05, 3.63) is 29.3 Å². The van der Waals surface area contributed by atoms with Gasteiger partial charge in [0.25, 0.3) is 5.91 Å². The lowest BCUT2D eigenvalue weighted by Crippen LogP contribution is -2.49. The molecule has 1 unspecified atom stereocenters. The standard InChI is InChI=1S/C15H21ClN2O2/c1-2-18(13-4-3-9-17-10-13)15(19)11-20-14-7-5-12(16)6-8-14/h5-8,13,17H,2-4,9-11H2,1H3. The Morgan fingerprint density at radius 2 is 2.20 bits per heavy atom. The zero-order valence-corrected chi connectivity index (χ0v) is 12.5. The number of nitrogens with one attached hydrogen (secondary N) is 1. The number of benzene rings is 1. The van der Waals surface area contributed by atoms with Crippen LogP contribution in [-0.2, 0) is 4.79 Å². The average molecular weight is 297 g/mol. The number of halogens is 1. The molecule has 1 heterocycles. The fraction of sp³-hybridized carbons (Fsp3) is 0.533. The second-order valence-electron chi connectivity index (χ2n) is 4.92. The van der Waals surface area contributed by atoms with Crippen molar-refractivity contribution in [2.45, 2.75) is 25.8 Å². The minimum atomic E-state index is 0.0381. The lowest BCUT2D eigenvalue weighted by Gasteiger charge is -2.33. The van der Waals surface area contributed by atoms with E-state index in [1.165, 1.54) is 0 Å². The Bertz CT molecular complexity index is 430. The third-order valence-corrected chi connectivity index (χ3v) is 3.80. The number of likely N-dealkylation sites (N-methyl/N-ethyl adjacent to an activating group) is 1. The van der Waals surface area contributed by atoms with Gasteiger partial charge in [-0.15, -0.1) is 0 Å². The van der Waals surface area contributed by atoms with Gasteiger partial charge in [0.2, 0.25) is 0 Å². The number of hydrogen-bond donors (Lipinski definition) is 1. The van der Waals surface area contributed by atoms with E-state index < -0.39 is 0 Å². The van der Waals surface area contributed by atoms with Gasteiger partial charge in [-0.25, -0.2) is 0 Å². The molecule has 1 fully saturated rings. The van der Waals surface area contributed by atoms with Crippen molar-refractivity contribution in [1.29, 1.82) is 0 Å². The quantitative estimate of drug-likeness (QED) is 0.907. The molecular weight excluding hydrogens is 276 g/mol. The van der Waals surface area contributed by atoms with Crippen LogP contribution in [0.5, 0.6) is 5.75 Å². The molecule has 1 atom stereocenters. The molecule has 5 heteroatoms. The highest BCUT2D eigenvalue weighted by Gasteiger charge is 2.24. The third kappa shape index (κ3) is 4.12. The molecule has 1 aromatic carbocycles. The van der Waals surface area contributed by atoms with E-state index in [0.29, 0.717) is 10.8 Å². The summed E-state index contributed by atoms with van der Waals surface area (Å²) in [6.45, 7) is 4.72. The summed E-state index contributed by atoms with van der Waals surface area (Å²) in [6, 6.07) is 7.34. The number of amides is 1. The van der Waals surface area contributed by atoms with E-state index in [1.54, 1.807) is 24.3 Å². The van der Waals surface area contributed by atoms with Crippen LogP contribution in [0.25, 0.3) is 0 Å². The van der Waals surface area contributed by atoms with E-state index in [9.17, 15) is 4.79 Å². The maximum absolute atomic E-state index is 12.3. The average Bonchev–Trinajstić information content (AvgIpc) is 2.48. The number of carbonyl (C=O) groups is 1. The zero-order chi connectivity index (χ0) is 14.4. The molecule has 20 heavy (non-hydrogen) atoms. The second-order valence-corrected chi connectivity index (χ2v) is 5.36. The predicted octanol–water partition coefficient (Wildman–Crippen LogP) is 2.32. The van der Waals surface area contributed by atoms with E-state index in [2.05, 4.69) is 5.32 Å². The summed E-state index contributed by atoms with van der Waals surface area (Å²) in [7, 11) is 0. The zero-order valence-electron chi connectivity index (χ0n) is 11.8. The summed E-state index contributed by atoms with van der Waals surface area (Å²) in [5, 5.41) is 3.99. The van der Waals surface area contributed by atoms with Gasteiger partial charge in [-0.3, -0.25) is 4.79 Å². The van der Waals surface area contributed by atoms with E-state index >= 15 is 0 Å². The van der Waals surface area contributed by atoms with Gasteiger partial charge in [0.05, 0.1) is 0 Å². The van der Waals surface area contributed by atoms with Gasteiger partial charge in [-0.1, -0.05) is 11.6 Å². The highest BCUT2D eigenvalue weighted by Crippen LogP contribution is 2.16. The number of carbonyl (C=O) groups excluding carboxylic acids is 1. The number of hydrogen-bond acceptors (Lipinski definition) is 3. The molecule has 0 radical (unpaired) electrons. The highest BCUT2D eigenvalue weighted by atomic mass is 35.5. The van der Waals surface area contributed by atoms with Crippen molar-refractivity contribution in [2.24, 2.45) is 0 Å². The van der Waals surface area contributed by atoms with Crippen LogP contribution in [0.4, 0.5) is 0 Å². The van der Waals surface area contributed by atoms with Gasteiger partial charge in [0.1, 0.15) is 5.75 Å². The molecule has 1 N–H and O–H groups in total. The molecule has 1 saturated heterocycles. The van der Waals surface area contributed by atoms with Crippen molar-refractivity contribution in [1.82, 2.24) is 10.2 Å². The number of ether oxygens (including phenoxy) is 1. The fourth-order valence-electron chi connectivity index (χ4n) is 2.50. The smallest absolute Gasteiger partial charge is 0.260 e. The van der Waals surface area contributed by atoms with Crippen LogP contribution in [0.15, 0.2) is 24.3 Å². The first-order valence-corrected chi connectivity index (χ1v) is 7.47. The third-order valence-electron chi connectivity index (χ3n) is 3.55. The Labute approximate surface area is 125 Å². The maximum atomic E-state index is 12.3. The Hall–Kier alpha value is -1.26. The van der Waals surface area contributed by atoms with E-state index in [-0.39, 0.29) is 18.6 Å². The Kier molecular flexibility index (Phi) is 5.68. The van der Waals surface area contributed by atoms with Gasteiger partial charge < -0.3 is 15.0 Å². The van der Waals surface area contributed by atoms with Crippen molar-refractivity contribution in [2.75, 3.05) is 26.2 Å². The second kappa shape index (κ2) is 7.50. The number of piperidine rings is 1. The number of nitrogens with zero attached hydrogens (tertiary/aromatic N) is 1. The van der Waals surface area contributed by atoms with E-state index in [4.69, 9.17) is 16.3 Å². The van der Waals surface area contributed by atoms with Crippen molar-refractivity contribution in [3.8, 4) is 5.75 Å². The molecule has 0 aliphatic carbocycles. The molecule has 0 spiro atoms. The van der Waals surface area contributed by atoms with Crippen LogP contribution in [0.1, 0.15) is 19.8 Å². The minimum absolute atomic E-state index is 0.0381. The first-order chi connectivity index (χ1) is 9.70. The van der Waals surface area contributed by atoms with Gasteiger partial charge >= 0.3 is 0 Å². The summed E-state index contributed by atoms with van der Waals surface area (Å²) >= 11 is 5.81. The Morgan fingerprint density at radius 3 is 2.80 bits per heavy atom. The van der Waals surface area contributed by atoms with Gasteiger partial charge in [0.15, 0.2) is 6.61 Å². The van der Waals surface area contributed by atoms with Gasteiger partial charge in [-0.2, -0.15) is 0 Å². The van der Waals surface area contributed by atoms with Crippen molar-refractivity contribution < 1.29 is 9.53 Å². The molecular formula is C15H21ClN2O2. The maximum Gasteiger partial charge on any atom is 0.260 e. The highest BCUT2D eigenvalue weighted by molar-refractivity contribution is 6.30. The first-order valence-electron chi connectivity index (χ1n) is 7.09. The molecule has 1 amide bonds. The van der Waals surface area contributed by atoms with E-state index in [1.807, 2.05) is 11.8 Å². The predicted molar refractivity (Wildman–Crippen MR) is 80.2 cm³/mol. The summed E-state index contributed by atoms with van der Waals surface area (Å²) < 4.78 is 5.53. The fourth-order valence-corrected chi connectivity index (χ4v) is 2.62. The topological polar surface area (TPSA) is 41.6 Å². The molecule has 1 aromatic rings. The van der Waals surface area contributed by atoms with Gasteiger partial charge in [-0.05, 0) is 50.6 Å². The SMILES string of the molecule is CCN(C(=O)COc1ccc(Cl)cc1)C1CCCNC1. The van der Waals surface area contributed by atoms with E-state index in [0.717, 1.165) is 32.5 Å². The monoisotopic (exact) mass is 296 g/mol. The lowest BCUT2D eigenvalue weighted by atomic mass is 10.1. The Morgan fingerprint density at radius 1 is 1.45 bits per heavy atom. The van der Waals surface area contributed by atoms with Crippen LogP contribution in [0.2, 0.25) is 5.02 Å². The first kappa shape index (κ1) is 15.1. The summed E-state index contributed by atoms with van der Waals surface area (Å²) in [5.41, 5.74) is 0. The van der Waals surface area contributed by atoms with Crippen LogP contribution in [-0.4, -0.2) is 43.1 Å². The van der Waals surface area contributed by atoms with Crippen LogP contribution in [0.3, 0.4) is 0 Å². The molecule has 0 saturated carbocycles. The van der Waals surface area contributed by atoms with Crippen molar-refractivity contribution in [3.63, 3.8) is 0 Å². The molecule has 0 bridgehead atoms. The lowest BCUT2D eigenvalue weighted by molar-refractivity contribution is -0.135. The van der Waals surface area contributed by atoms with Crippen LogP contribution in [0, 0.1) is 0 Å². The molecule has 2 rings (SSSR count). The summed E-state index contributed by atoms with van der Waals surface area (Å²) in [4.78, 5) is 14.2. The largest absolute Gasteiger partial charge is 0.484 e. The minimum Gasteiger partial charge on any atom is -0.484 e. The molecule has 4 nitrogen and oxygen atoms in total. The molecule has 0 aromatic heterocycles. The Balaban J connectivity index is 1.87. The summed E-state index contributed by atoms with van der Waals surface area (Å²) in [6.07, 6.45) is 2.18. The molecule has 1 aliphatic rings. The number of rotatable bonds is 5. The van der Waals surface area contributed by atoms with Crippen LogP contribution < -0.4 is 10.1 Å².